The summed E-state index contributed by atoms with van der Waals surface area (Å²) in [7, 11) is 0. The quantitative estimate of drug-likeness (QED) is 0.663. The molecule has 118 valence electrons. The van der Waals surface area contributed by atoms with Crippen molar-refractivity contribution in [2.45, 2.75) is 52.1 Å². The Labute approximate surface area is 123 Å². The molecular weight excluding hydrogens is 254 g/mol. The van der Waals surface area contributed by atoms with Crippen molar-refractivity contribution in [1.82, 2.24) is 15.5 Å². The lowest BCUT2D eigenvalue weighted by Gasteiger charge is -2.24. The van der Waals surface area contributed by atoms with Gasteiger partial charge >= 0.3 is 0 Å². The number of morpholine rings is 1. The van der Waals surface area contributed by atoms with Crippen LogP contribution in [-0.2, 0) is 9.53 Å². The summed E-state index contributed by atoms with van der Waals surface area (Å²) in [4.78, 5) is 14.3. The van der Waals surface area contributed by atoms with E-state index in [9.17, 15) is 4.79 Å². The second kappa shape index (κ2) is 10.1. The Bertz CT molecular complexity index is 264. The highest BCUT2D eigenvalue weighted by atomic mass is 16.5. The minimum absolute atomic E-state index is 0.128. The van der Waals surface area contributed by atoms with Gasteiger partial charge < -0.3 is 20.3 Å². The molecule has 0 aromatic carbocycles. The Hall–Kier alpha value is -0.650. The molecule has 5 heteroatoms. The minimum Gasteiger partial charge on any atom is -0.378 e. The van der Waals surface area contributed by atoms with Crippen LogP contribution in [0.5, 0.6) is 0 Å². The van der Waals surface area contributed by atoms with Crippen LogP contribution in [0.4, 0.5) is 0 Å². The number of amides is 1. The van der Waals surface area contributed by atoms with E-state index >= 15 is 0 Å². The van der Waals surface area contributed by atoms with Crippen molar-refractivity contribution in [1.29, 1.82) is 0 Å². The summed E-state index contributed by atoms with van der Waals surface area (Å²) in [5, 5.41) is 6.39. The molecule has 5 nitrogen and oxygen atoms in total. The second-order valence-corrected chi connectivity index (χ2v) is 5.57. The zero-order valence-corrected chi connectivity index (χ0v) is 13.3. The topological polar surface area (TPSA) is 53.6 Å². The molecule has 0 aromatic rings. The molecule has 1 amide bonds. The van der Waals surface area contributed by atoms with Crippen molar-refractivity contribution in [2.24, 2.45) is 0 Å². The summed E-state index contributed by atoms with van der Waals surface area (Å²) in [5.41, 5.74) is 0. The summed E-state index contributed by atoms with van der Waals surface area (Å²) < 4.78 is 5.36. The molecule has 1 fully saturated rings. The van der Waals surface area contributed by atoms with Crippen LogP contribution in [0.1, 0.15) is 40.0 Å². The van der Waals surface area contributed by atoms with Gasteiger partial charge in [0, 0.05) is 25.0 Å². The van der Waals surface area contributed by atoms with Crippen LogP contribution in [0.3, 0.4) is 0 Å². The van der Waals surface area contributed by atoms with Crippen molar-refractivity contribution < 1.29 is 9.53 Å². The summed E-state index contributed by atoms with van der Waals surface area (Å²) >= 11 is 0. The molecular formula is C15H31N3O2. The number of nitrogens with one attached hydrogen (secondary N) is 2. The van der Waals surface area contributed by atoms with Crippen LogP contribution in [0.2, 0.25) is 0 Å². The molecule has 1 heterocycles. The normalized spacial score (nSPS) is 20.9. The molecule has 2 atom stereocenters. The van der Waals surface area contributed by atoms with Crippen LogP contribution in [-0.4, -0.2) is 62.3 Å². The third-order valence-electron chi connectivity index (χ3n) is 3.84. The van der Waals surface area contributed by atoms with Crippen LogP contribution in [0.25, 0.3) is 0 Å². The van der Waals surface area contributed by atoms with E-state index in [0.717, 1.165) is 45.6 Å². The van der Waals surface area contributed by atoms with Crippen molar-refractivity contribution in [3.8, 4) is 0 Å². The first kappa shape index (κ1) is 17.4. The number of hydrogen-bond acceptors (Lipinski definition) is 4. The van der Waals surface area contributed by atoms with E-state index in [0.29, 0.717) is 13.0 Å². The number of ether oxygens (including phenoxy) is 1. The third kappa shape index (κ3) is 7.22. The number of nitrogens with zero attached hydrogens (tertiary/aromatic N) is 1. The Morgan fingerprint density at radius 3 is 2.80 bits per heavy atom. The lowest BCUT2D eigenvalue weighted by Crippen LogP contribution is -2.45. The molecule has 1 rings (SSSR count). The van der Waals surface area contributed by atoms with Crippen molar-refractivity contribution in [3.05, 3.63) is 0 Å². The van der Waals surface area contributed by atoms with Gasteiger partial charge in [0.2, 0.25) is 5.91 Å². The smallest absolute Gasteiger partial charge is 0.221 e. The molecule has 0 bridgehead atoms. The van der Waals surface area contributed by atoms with E-state index in [1.807, 2.05) is 0 Å². The summed E-state index contributed by atoms with van der Waals surface area (Å²) in [6, 6.07) is 0.425. The predicted molar refractivity (Wildman–Crippen MR) is 81.9 cm³/mol. The van der Waals surface area contributed by atoms with Gasteiger partial charge in [-0.05, 0) is 39.4 Å². The van der Waals surface area contributed by atoms with Crippen LogP contribution in [0.15, 0.2) is 0 Å². The highest BCUT2D eigenvalue weighted by Crippen LogP contribution is 2.02. The molecule has 0 radical (unpaired) electrons. The van der Waals surface area contributed by atoms with Crippen LogP contribution >= 0.6 is 0 Å². The molecule has 1 saturated heterocycles. The molecule has 1 aliphatic rings. The first-order valence-corrected chi connectivity index (χ1v) is 7.98. The van der Waals surface area contributed by atoms with Gasteiger partial charge in [0.25, 0.3) is 0 Å². The van der Waals surface area contributed by atoms with E-state index in [4.69, 9.17) is 4.74 Å². The molecule has 0 spiro atoms. The third-order valence-corrected chi connectivity index (χ3v) is 3.84. The van der Waals surface area contributed by atoms with Crippen molar-refractivity contribution >= 4 is 5.91 Å². The Morgan fingerprint density at radius 2 is 2.20 bits per heavy atom. The summed E-state index contributed by atoms with van der Waals surface area (Å²) in [5.74, 6) is 0.128. The van der Waals surface area contributed by atoms with E-state index < -0.39 is 0 Å². The van der Waals surface area contributed by atoms with Crippen molar-refractivity contribution in [3.63, 3.8) is 0 Å². The maximum absolute atomic E-state index is 11.9. The molecule has 0 aromatic heterocycles. The molecule has 0 aliphatic carbocycles. The van der Waals surface area contributed by atoms with Crippen molar-refractivity contribution in [2.75, 3.05) is 39.4 Å². The van der Waals surface area contributed by atoms with E-state index in [1.165, 1.54) is 0 Å². The van der Waals surface area contributed by atoms with Gasteiger partial charge in [0.15, 0.2) is 0 Å². The van der Waals surface area contributed by atoms with E-state index in [1.54, 1.807) is 0 Å². The minimum atomic E-state index is 0.128. The highest BCUT2D eigenvalue weighted by molar-refractivity contribution is 5.76. The second-order valence-electron chi connectivity index (χ2n) is 5.57. The predicted octanol–water partition coefficient (Wildman–Crippen LogP) is 0.992. The fraction of sp³-hybridized carbons (Fsp3) is 0.933. The Kier molecular flexibility index (Phi) is 8.82. The average molecular weight is 285 g/mol. The van der Waals surface area contributed by atoms with Gasteiger partial charge in [-0.3, -0.25) is 4.79 Å². The number of rotatable bonds is 9. The zero-order valence-electron chi connectivity index (χ0n) is 13.3. The SMILES string of the molecule is CCN(CC)CCCC(C)NC(=O)CC1COCCN1. The largest absolute Gasteiger partial charge is 0.378 e. The van der Waals surface area contributed by atoms with Gasteiger partial charge in [-0.15, -0.1) is 0 Å². The zero-order chi connectivity index (χ0) is 14.8. The maximum Gasteiger partial charge on any atom is 0.221 e. The van der Waals surface area contributed by atoms with Gasteiger partial charge in [0.1, 0.15) is 0 Å². The van der Waals surface area contributed by atoms with E-state index in [-0.39, 0.29) is 18.0 Å². The number of carbonyl (C=O) groups is 1. The molecule has 1 aliphatic heterocycles. The maximum atomic E-state index is 11.9. The monoisotopic (exact) mass is 285 g/mol. The molecule has 0 saturated carbocycles. The molecule has 20 heavy (non-hydrogen) atoms. The van der Waals surface area contributed by atoms with Gasteiger partial charge in [0.05, 0.1) is 13.2 Å². The summed E-state index contributed by atoms with van der Waals surface area (Å²) in [6.45, 7) is 12.0. The van der Waals surface area contributed by atoms with Crippen LogP contribution in [0, 0.1) is 0 Å². The summed E-state index contributed by atoms with van der Waals surface area (Å²) in [6.07, 6.45) is 2.69. The average Bonchev–Trinajstić information content (AvgIpc) is 2.44. The molecule has 2 N–H and O–H groups in total. The number of carbonyl (C=O) groups excluding carboxylic acids is 1. The fourth-order valence-corrected chi connectivity index (χ4v) is 2.54. The lowest BCUT2D eigenvalue weighted by molar-refractivity contribution is -0.122. The highest BCUT2D eigenvalue weighted by Gasteiger charge is 2.17. The molecule has 2 unspecified atom stereocenters. The first-order valence-electron chi connectivity index (χ1n) is 7.98. The van der Waals surface area contributed by atoms with Gasteiger partial charge in [-0.25, -0.2) is 0 Å². The van der Waals surface area contributed by atoms with Crippen LogP contribution < -0.4 is 10.6 Å². The lowest BCUT2D eigenvalue weighted by atomic mass is 10.1. The fourth-order valence-electron chi connectivity index (χ4n) is 2.54. The first-order chi connectivity index (χ1) is 9.65. The Balaban J connectivity index is 2.11. The Morgan fingerprint density at radius 1 is 1.45 bits per heavy atom. The van der Waals surface area contributed by atoms with Gasteiger partial charge in [-0.1, -0.05) is 13.8 Å². The number of hydrogen-bond donors (Lipinski definition) is 2. The van der Waals surface area contributed by atoms with Gasteiger partial charge in [-0.2, -0.15) is 0 Å². The standard InChI is InChI=1S/C15H31N3O2/c1-4-18(5-2)9-6-7-13(3)17-15(19)11-14-12-20-10-8-16-14/h13-14,16H,4-12H2,1-3H3,(H,17,19). The van der Waals surface area contributed by atoms with E-state index in [2.05, 4.69) is 36.3 Å².